The van der Waals surface area contributed by atoms with E-state index in [1.54, 1.807) is 26.5 Å². The summed E-state index contributed by atoms with van der Waals surface area (Å²) in [7, 11) is 3.15. The van der Waals surface area contributed by atoms with E-state index in [0.29, 0.717) is 34.9 Å². The summed E-state index contributed by atoms with van der Waals surface area (Å²) in [6, 6.07) is 13.4. The second-order valence-electron chi connectivity index (χ2n) is 5.47. The number of hydrogen-bond donors (Lipinski definition) is 1. The molecule has 0 aliphatic rings. The quantitative estimate of drug-likeness (QED) is 0.716. The highest BCUT2D eigenvalue weighted by molar-refractivity contribution is 5.97. The minimum absolute atomic E-state index is 0.443. The van der Waals surface area contributed by atoms with Gasteiger partial charge in [-0.25, -0.2) is 0 Å². The van der Waals surface area contributed by atoms with Crippen molar-refractivity contribution < 1.29 is 14.2 Å². The zero-order valence-electron chi connectivity index (χ0n) is 14.9. The molecule has 0 unspecified atom stereocenters. The van der Waals surface area contributed by atoms with Crippen LogP contribution in [0.1, 0.15) is 12.5 Å². The number of nitrogens with one attached hydrogen (secondary N) is 1. The number of hydrogen-bond acceptors (Lipinski definition) is 6. The van der Waals surface area contributed by atoms with E-state index < -0.39 is 0 Å². The Morgan fingerprint density at radius 2 is 1.77 bits per heavy atom. The predicted molar refractivity (Wildman–Crippen MR) is 100 cm³/mol. The third-order valence-electron chi connectivity index (χ3n) is 3.93. The maximum Gasteiger partial charge on any atom is 0.162 e. The zero-order valence-corrected chi connectivity index (χ0v) is 14.9. The van der Waals surface area contributed by atoms with Crippen molar-refractivity contribution in [3.05, 3.63) is 48.2 Å². The first-order chi connectivity index (χ1) is 12.7. The van der Waals surface area contributed by atoms with Gasteiger partial charge in [0.25, 0.3) is 0 Å². The van der Waals surface area contributed by atoms with Gasteiger partial charge in [0, 0.05) is 23.3 Å². The lowest BCUT2D eigenvalue weighted by atomic mass is 10.1. The first-order valence-electron chi connectivity index (χ1n) is 8.14. The van der Waals surface area contributed by atoms with Gasteiger partial charge in [0.1, 0.15) is 11.8 Å². The average Bonchev–Trinajstić information content (AvgIpc) is 2.68. The number of methoxy groups -OCH3 is 2. The molecule has 3 rings (SSSR count). The molecule has 132 valence electrons. The first-order valence-corrected chi connectivity index (χ1v) is 8.14. The lowest BCUT2D eigenvalue weighted by Crippen LogP contribution is -1.99. The molecule has 0 radical (unpaired) electrons. The molecule has 2 aromatic carbocycles. The van der Waals surface area contributed by atoms with Gasteiger partial charge in [0.05, 0.1) is 37.6 Å². The van der Waals surface area contributed by atoms with Crippen LogP contribution in [0, 0.1) is 11.3 Å². The molecule has 0 aliphatic carbocycles. The maximum absolute atomic E-state index is 9.49. The highest BCUT2D eigenvalue weighted by Gasteiger charge is 2.14. The third kappa shape index (κ3) is 3.33. The Kier molecular flexibility index (Phi) is 5.09. The molecule has 0 saturated carbocycles. The number of ether oxygens (including phenoxy) is 3. The van der Waals surface area contributed by atoms with E-state index >= 15 is 0 Å². The molecular weight excluding hydrogens is 330 g/mol. The van der Waals surface area contributed by atoms with Crippen molar-refractivity contribution in [2.24, 2.45) is 0 Å². The second-order valence-corrected chi connectivity index (χ2v) is 5.47. The fraction of sp³-hybridized carbons (Fsp3) is 0.200. The van der Waals surface area contributed by atoms with Gasteiger partial charge in [-0.3, -0.25) is 4.98 Å². The standard InChI is InChI=1S/C20H19N3O3/c1-4-26-15-7-5-14(6-8-15)23-20-13(11-21)12-22-17-10-19(25-3)18(24-2)9-16(17)20/h5-10,12H,4H2,1-3H3,(H,22,23). The predicted octanol–water partition coefficient (Wildman–Crippen LogP) is 4.27. The molecule has 0 bridgehead atoms. The van der Waals surface area contributed by atoms with Crippen molar-refractivity contribution in [2.45, 2.75) is 6.92 Å². The van der Waals surface area contributed by atoms with Crippen LogP contribution < -0.4 is 19.5 Å². The largest absolute Gasteiger partial charge is 0.494 e. The van der Waals surface area contributed by atoms with Crippen LogP contribution in [0.25, 0.3) is 10.9 Å². The van der Waals surface area contributed by atoms with Crippen LogP contribution in [0.4, 0.5) is 11.4 Å². The molecule has 1 aromatic heterocycles. The van der Waals surface area contributed by atoms with Crippen molar-refractivity contribution in [3.8, 4) is 23.3 Å². The van der Waals surface area contributed by atoms with Crippen molar-refractivity contribution in [2.75, 3.05) is 26.1 Å². The van der Waals surface area contributed by atoms with Crippen LogP contribution in [-0.2, 0) is 0 Å². The average molecular weight is 349 g/mol. The maximum atomic E-state index is 9.49. The SMILES string of the molecule is CCOc1ccc(Nc2c(C#N)cnc3cc(OC)c(OC)cc23)cc1. The van der Waals surface area contributed by atoms with Crippen LogP contribution in [-0.4, -0.2) is 25.8 Å². The molecule has 0 amide bonds. The molecule has 0 fully saturated rings. The Labute approximate surface area is 151 Å². The monoisotopic (exact) mass is 349 g/mol. The van der Waals surface area contributed by atoms with Crippen LogP contribution >= 0.6 is 0 Å². The Hall–Kier alpha value is -3.46. The van der Waals surface area contributed by atoms with Crippen LogP contribution in [0.2, 0.25) is 0 Å². The summed E-state index contributed by atoms with van der Waals surface area (Å²) in [5, 5.41) is 13.6. The number of anilines is 2. The summed E-state index contributed by atoms with van der Waals surface area (Å²) >= 11 is 0. The van der Waals surface area contributed by atoms with Crippen molar-refractivity contribution in [1.82, 2.24) is 4.98 Å². The number of nitriles is 1. The Morgan fingerprint density at radius 3 is 2.38 bits per heavy atom. The summed E-state index contributed by atoms with van der Waals surface area (Å²) in [6.07, 6.45) is 1.55. The van der Waals surface area contributed by atoms with E-state index in [0.717, 1.165) is 16.8 Å². The molecule has 0 aliphatic heterocycles. The minimum Gasteiger partial charge on any atom is -0.494 e. The zero-order chi connectivity index (χ0) is 18.5. The van der Waals surface area contributed by atoms with E-state index in [4.69, 9.17) is 14.2 Å². The van der Waals surface area contributed by atoms with Gasteiger partial charge in [-0.2, -0.15) is 5.26 Å². The van der Waals surface area contributed by atoms with E-state index in [1.807, 2.05) is 37.3 Å². The van der Waals surface area contributed by atoms with Gasteiger partial charge in [-0.15, -0.1) is 0 Å². The second kappa shape index (κ2) is 7.62. The van der Waals surface area contributed by atoms with Gasteiger partial charge in [0.2, 0.25) is 0 Å². The van der Waals surface area contributed by atoms with E-state index in [2.05, 4.69) is 16.4 Å². The number of aromatic nitrogens is 1. The van der Waals surface area contributed by atoms with Gasteiger partial charge >= 0.3 is 0 Å². The Balaban J connectivity index is 2.09. The highest BCUT2D eigenvalue weighted by Crippen LogP contribution is 2.37. The lowest BCUT2D eigenvalue weighted by Gasteiger charge is -2.14. The molecule has 0 atom stereocenters. The molecular formula is C20H19N3O3. The van der Waals surface area contributed by atoms with Gasteiger partial charge in [-0.05, 0) is 37.3 Å². The van der Waals surface area contributed by atoms with Crippen LogP contribution in [0.5, 0.6) is 17.2 Å². The summed E-state index contributed by atoms with van der Waals surface area (Å²) in [6.45, 7) is 2.55. The smallest absolute Gasteiger partial charge is 0.162 e. The minimum atomic E-state index is 0.443. The molecule has 26 heavy (non-hydrogen) atoms. The number of rotatable bonds is 6. The summed E-state index contributed by atoms with van der Waals surface area (Å²) in [5.74, 6) is 1.96. The third-order valence-corrected chi connectivity index (χ3v) is 3.93. The number of fused-ring (bicyclic) bond motifs is 1. The Morgan fingerprint density at radius 1 is 1.08 bits per heavy atom. The molecule has 0 saturated heterocycles. The molecule has 6 nitrogen and oxygen atoms in total. The topological polar surface area (TPSA) is 76.4 Å². The molecule has 1 N–H and O–H groups in total. The van der Waals surface area contributed by atoms with Crippen molar-refractivity contribution in [1.29, 1.82) is 5.26 Å². The summed E-state index contributed by atoms with van der Waals surface area (Å²) < 4.78 is 16.2. The van der Waals surface area contributed by atoms with Crippen molar-refractivity contribution in [3.63, 3.8) is 0 Å². The molecule has 0 spiro atoms. The molecule has 3 aromatic rings. The van der Waals surface area contributed by atoms with Crippen LogP contribution in [0.15, 0.2) is 42.6 Å². The van der Waals surface area contributed by atoms with E-state index in [1.165, 1.54) is 0 Å². The van der Waals surface area contributed by atoms with E-state index in [9.17, 15) is 5.26 Å². The van der Waals surface area contributed by atoms with Gasteiger partial charge in [-0.1, -0.05) is 0 Å². The Bertz CT molecular complexity index is 963. The van der Waals surface area contributed by atoms with Gasteiger partial charge in [0.15, 0.2) is 11.5 Å². The molecule has 1 heterocycles. The fourth-order valence-electron chi connectivity index (χ4n) is 2.68. The van der Waals surface area contributed by atoms with E-state index in [-0.39, 0.29) is 0 Å². The summed E-state index contributed by atoms with van der Waals surface area (Å²) in [5.41, 5.74) is 2.66. The number of nitrogens with zero attached hydrogens (tertiary/aromatic N) is 2. The normalized spacial score (nSPS) is 10.2. The highest BCUT2D eigenvalue weighted by atomic mass is 16.5. The summed E-state index contributed by atoms with van der Waals surface area (Å²) in [4.78, 5) is 4.36. The lowest BCUT2D eigenvalue weighted by molar-refractivity contribution is 0.340. The first kappa shape index (κ1) is 17.4. The van der Waals surface area contributed by atoms with Crippen LogP contribution in [0.3, 0.4) is 0 Å². The van der Waals surface area contributed by atoms with Gasteiger partial charge < -0.3 is 19.5 Å². The number of pyridine rings is 1. The number of benzene rings is 2. The fourth-order valence-corrected chi connectivity index (χ4v) is 2.68. The van der Waals surface area contributed by atoms with Crippen molar-refractivity contribution >= 4 is 22.3 Å². The molecule has 6 heteroatoms.